The standard InChI is InChI=1S/C19H15F4IN2O2/c1-24-18(26-14-4-6-15(7-5-14)28-19(21,22)23)10-17(25-2)12-3-8-16(20)13(9-12)11-27/h3-11,26H,1H2,2H3/b18-10+,25-17?. The molecule has 0 saturated carbocycles. The molecule has 0 unspecified atom stereocenters. The van der Waals surface area contributed by atoms with Crippen LogP contribution in [0.5, 0.6) is 5.75 Å². The van der Waals surface area contributed by atoms with Crippen LogP contribution in [0.1, 0.15) is 15.9 Å². The van der Waals surface area contributed by atoms with Crippen LogP contribution in [0, 0.1) is 5.82 Å². The molecule has 0 aliphatic rings. The van der Waals surface area contributed by atoms with E-state index in [0.717, 1.165) is 3.70 Å². The van der Waals surface area contributed by atoms with Crippen LogP contribution in [0.3, 0.4) is 0 Å². The van der Waals surface area contributed by atoms with Crippen LogP contribution < -0.4 is 10.1 Å². The number of alkyl halides is 3. The number of allylic oxidation sites excluding steroid dienone is 1. The molecule has 4 nitrogen and oxygen atoms in total. The number of anilines is 1. The Morgan fingerprint density at radius 2 is 1.89 bits per heavy atom. The van der Waals surface area contributed by atoms with Gasteiger partial charge in [0.1, 0.15) is 11.6 Å². The van der Waals surface area contributed by atoms with Gasteiger partial charge in [0.15, 0.2) is 6.29 Å². The van der Waals surface area contributed by atoms with Crippen molar-refractivity contribution >= 4 is 42.9 Å². The minimum Gasteiger partial charge on any atom is -0.406 e. The summed E-state index contributed by atoms with van der Waals surface area (Å²) in [4.78, 5) is 15.1. The van der Waals surface area contributed by atoms with E-state index in [4.69, 9.17) is 0 Å². The normalized spacial score (nSPS) is 12.6. The second-order valence-electron chi connectivity index (χ2n) is 5.29. The van der Waals surface area contributed by atoms with E-state index in [2.05, 4.69) is 19.6 Å². The molecule has 9 heteroatoms. The summed E-state index contributed by atoms with van der Waals surface area (Å²) in [5.41, 5.74) is 1.53. The molecule has 0 aromatic heterocycles. The number of ether oxygens (including phenoxy) is 1. The number of aldehydes is 1. The van der Waals surface area contributed by atoms with Crippen molar-refractivity contribution in [3.63, 3.8) is 0 Å². The van der Waals surface area contributed by atoms with Crippen LogP contribution in [0.4, 0.5) is 23.2 Å². The van der Waals surface area contributed by atoms with Crippen LogP contribution in [0.2, 0.25) is 0 Å². The van der Waals surface area contributed by atoms with E-state index in [-0.39, 0.29) is 11.3 Å². The fourth-order valence-corrected chi connectivity index (χ4v) is 3.19. The summed E-state index contributed by atoms with van der Waals surface area (Å²) in [6, 6.07) is 9.36. The molecular formula is C19H15F4IN2O2. The summed E-state index contributed by atoms with van der Waals surface area (Å²) in [5.74, 6) is -0.946. The minimum absolute atomic E-state index is 0.0777. The van der Waals surface area contributed by atoms with Crippen LogP contribution in [-0.4, -0.2) is 29.9 Å². The van der Waals surface area contributed by atoms with Crippen LogP contribution in [0.15, 0.2) is 57.2 Å². The molecule has 0 fully saturated rings. The third-order valence-electron chi connectivity index (χ3n) is 3.42. The monoisotopic (exact) mass is 506 g/mol. The molecule has 0 saturated heterocycles. The molecule has 0 atom stereocenters. The fourth-order valence-electron chi connectivity index (χ4n) is 2.18. The highest BCUT2D eigenvalue weighted by Crippen LogP contribution is 2.25. The van der Waals surface area contributed by atoms with E-state index in [0.29, 0.717) is 23.2 Å². The topological polar surface area (TPSA) is 50.7 Å². The summed E-state index contributed by atoms with van der Waals surface area (Å²) in [5, 5.41) is 3.08. The highest BCUT2D eigenvalue weighted by atomic mass is 127. The number of rotatable bonds is 7. The lowest BCUT2D eigenvalue weighted by atomic mass is 10.1. The van der Waals surface area contributed by atoms with Crippen LogP contribution in [0.25, 0.3) is 0 Å². The van der Waals surface area contributed by atoms with Gasteiger partial charge in [0.05, 0.1) is 15.0 Å². The lowest BCUT2D eigenvalue weighted by Gasteiger charge is -2.11. The van der Waals surface area contributed by atoms with E-state index < -0.39 is 32.9 Å². The largest absolute Gasteiger partial charge is 0.573 e. The van der Waals surface area contributed by atoms with Gasteiger partial charge in [-0.15, -0.1) is 13.2 Å². The second-order valence-corrected chi connectivity index (χ2v) is 7.21. The maximum Gasteiger partial charge on any atom is 0.573 e. The van der Waals surface area contributed by atoms with Crippen molar-refractivity contribution in [1.29, 1.82) is 0 Å². The summed E-state index contributed by atoms with van der Waals surface area (Å²) in [6.45, 7) is 0. The van der Waals surface area contributed by atoms with E-state index >= 15 is 0 Å². The summed E-state index contributed by atoms with van der Waals surface area (Å²) >= 11 is -0.700. The number of carbonyl (C=O) groups is 1. The number of hydrogen-bond donors (Lipinski definition) is 1. The van der Waals surface area contributed by atoms with E-state index in [1.165, 1.54) is 42.5 Å². The van der Waals surface area contributed by atoms with Crippen molar-refractivity contribution in [2.75, 3.05) is 12.4 Å². The summed E-state index contributed by atoms with van der Waals surface area (Å²) in [7, 11) is 1.55. The third kappa shape index (κ3) is 6.25. The molecule has 0 radical (unpaired) electrons. The number of nitrogens with one attached hydrogen (secondary N) is 1. The molecule has 1 N–H and O–H groups in total. The van der Waals surface area contributed by atoms with Crippen molar-refractivity contribution in [2.24, 2.45) is 4.99 Å². The Kier molecular flexibility index (Phi) is 7.44. The smallest absolute Gasteiger partial charge is 0.406 e. The number of benzene rings is 2. The Morgan fingerprint density at radius 1 is 1.21 bits per heavy atom. The molecule has 0 amide bonds. The van der Waals surface area contributed by atoms with Gasteiger partial charge in [-0.1, -0.05) is 25.2 Å². The highest BCUT2D eigenvalue weighted by molar-refractivity contribution is 14.2. The zero-order valence-electron chi connectivity index (χ0n) is 14.6. The second kappa shape index (κ2) is 9.58. The third-order valence-corrected chi connectivity index (χ3v) is 4.82. The first-order valence-corrected chi connectivity index (χ1v) is 10.3. The minimum atomic E-state index is -4.75. The Balaban J connectivity index is 2.22. The van der Waals surface area contributed by atoms with Gasteiger partial charge >= 0.3 is 6.36 Å². The highest BCUT2D eigenvalue weighted by Gasteiger charge is 2.30. The Morgan fingerprint density at radius 3 is 2.43 bits per heavy atom. The van der Waals surface area contributed by atoms with Gasteiger partial charge in [-0.2, -0.15) is 0 Å². The zero-order valence-corrected chi connectivity index (χ0v) is 16.7. The zero-order chi connectivity index (χ0) is 20.7. The molecular weight excluding hydrogens is 491 g/mol. The summed E-state index contributed by atoms with van der Waals surface area (Å²) in [6.07, 6.45) is -2.61. The van der Waals surface area contributed by atoms with Crippen molar-refractivity contribution in [3.05, 3.63) is 69.2 Å². The van der Waals surface area contributed by atoms with Crippen molar-refractivity contribution in [3.8, 4) is 5.75 Å². The molecule has 0 aliphatic heterocycles. The van der Waals surface area contributed by atoms with Gasteiger partial charge in [0, 0.05) is 18.3 Å². The van der Waals surface area contributed by atoms with Crippen molar-refractivity contribution in [2.45, 2.75) is 6.36 Å². The number of halogens is 5. The molecule has 148 valence electrons. The quantitative estimate of drug-likeness (QED) is 0.182. The number of nitrogens with zero attached hydrogens (tertiary/aromatic N) is 1. The molecule has 0 spiro atoms. The Hall–Kier alpha value is -2.56. The van der Waals surface area contributed by atoms with Crippen LogP contribution in [-0.2, 0) is 0 Å². The number of aliphatic imine (C=N–C) groups is 1. The van der Waals surface area contributed by atoms with Gasteiger partial charge in [-0.25, -0.2) is 4.39 Å². The maximum atomic E-state index is 13.5. The maximum absolute atomic E-state index is 13.5. The Bertz CT molecular complexity index is 923. The molecule has 0 heterocycles. The number of hydrogen-bond acceptors (Lipinski definition) is 4. The Labute approximate surface area is 168 Å². The molecule has 0 bridgehead atoms. The van der Waals surface area contributed by atoms with E-state index in [9.17, 15) is 22.4 Å². The molecule has 2 rings (SSSR count). The lowest BCUT2D eigenvalue weighted by Crippen LogP contribution is -2.17. The predicted octanol–water partition coefficient (Wildman–Crippen LogP) is 5.31. The van der Waals surface area contributed by atoms with Gasteiger partial charge in [0.2, 0.25) is 0 Å². The van der Waals surface area contributed by atoms with E-state index in [1.807, 2.05) is 0 Å². The van der Waals surface area contributed by atoms with Gasteiger partial charge in [0.25, 0.3) is 0 Å². The fraction of sp³-hybridized carbons (Fsp3) is 0.105. The van der Waals surface area contributed by atoms with Crippen molar-refractivity contribution < 1.29 is 27.1 Å². The average molecular weight is 506 g/mol. The first-order chi connectivity index (χ1) is 13.3. The van der Waals surface area contributed by atoms with E-state index in [1.54, 1.807) is 13.1 Å². The summed E-state index contributed by atoms with van der Waals surface area (Å²) < 4.78 is 58.6. The first kappa shape index (κ1) is 21.7. The number of carbonyl (C=O) groups excluding carboxylic acids is 1. The van der Waals surface area contributed by atoms with Crippen LogP contribution >= 0.6 is 20.7 Å². The molecule has 0 aliphatic carbocycles. The van der Waals surface area contributed by atoms with Gasteiger partial charge < -0.3 is 10.1 Å². The SMILES string of the molecule is C=I/C(=C\C(=NC)c1ccc(F)c(C=O)c1)Nc1ccc(OC(F)(F)F)cc1. The molecule has 2 aromatic rings. The van der Waals surface area contributed by atoms with Crippen molar-refractivity contribution in [1.82, 2.24) is 0 Å². The van der Waals surface area contributed by atoms with Gasteiger partial charge in [-0.3, -0.25) is 9.79 Å². The lowest BCUT2D eigenvalue weighted by molar-refractivity contribution is -0.274. The van der Waals surface area contributed by atoms with Gasteiger partial charge in [-0.05, 0) is 48.5 Å². The predicted molar refractivity (Wildman–Crippen MR) is 110 cm³/mol. The molecule has 2 aromatic carbocycles. The average Bonchev–Trinajstić information content (AvgIpc) is 2.66. The molecule has 28 heavy (non-hydrogen) atoms. The first-order valence-electron chi connectivity index (χ1n) is 7.70.